The maximum Gasteiger partial charge on any atom is 0.128 e. The van der Waals surface area contributed by atoms with Gasteiger partial charge in [0, 0.05) is 18.7 Å². The van der Waals surface area contributed by atoms with Gasteiger partial charge in [0.15, 0.2) is 0 Å². The molecule has 2 rings (SSSR count). The van der Waals surface area contributed by atoms with E-state index in [1.165, 1.54) is 0 Å². The first-order chi connectivity index (χ1) is 9.87. The van der Waals surface area contributed by atoms with Crippen molar-refractivity contribution in [2.75, 3.05) is 13.6 Å². The summed E-state index contributed by atoms with van der Waals surface area (Å²) >= 11 is 0. The first kappa shape index (κ1) is 15.7. The number of likely N-dealkylation sites (N-methyl/N-ethyl adjacent to an activating group) is 1. The number of hydrogen-bond acceptors (Lipinski definition) is 1. The molecule has 2 aromatic carbocycles. The molecule has 0 atom stereocenters. The lowest BCUT2D eigenvalue weighted by molar-refractivity contribution is 0.356. The van der Waals surface area contributed by atoms with E-state index in [1.54, 1.807) is 6.07 Å². The SMILES string of the molecule is CN(C/C=C/C(C)(C)C)Cc1c(F)ccc2ccccc12. The summed E-state index contributed by atoms with van der Waals surface area (Å²) in [6, 6.07) is 11.4. The molecule has 112 valence electrons. The molecule has 21 heavy (non-hydrogen) atoms. The van der Waals surface area contributed by atoms with E-state index in [0.29, 0.717) is 6.54 Å². The van der Waals surface area contributed by atoms with Crippen LogP contribution in [0.4, 0.5) is 4.39 Å². The van der Waals surface area contributed by atoms with Crippen LogP contribution in [0.5, 0.6) is 0 Å². The summed E-state index contributed by atoms with van der Waals surface area (Å²) in [5.41, 5.74) is 0.964. The lowest BCUT2D eigenvalue weighted by Crippen LogP contribution is -2.19. The average Bonchev–Trinajstić information content (AvgIpc) is 2.40. The van der Waals surface area contributed by atoms with Crippen molar-refractivity contribution < 1.29 is 4.39 Å². The molecule has 1 nitrogen and oxygen atoms in total. The van der Waals surface area contributed by atoms with E-state index in [9.17, 15) is 4.39 Å². The molecule has 0 fully saturated rings. The van der Waals surface area contributed by atoms with Crippen molar-refractivity contribution >= 4 is 10.8 Å². The van der Waals surface area contributed by atoms with Gasteiger partial charge in [-0.2, -0.15) is 0 Å². The van der Waals surface area contributed by atoms with E-state index < -0.39 is 0 Å². The predicted molar refractivity (Wildman–Crippen MR) is 88.8 cm³/mol. The summed E-state index contributed by atoms with van der Waals surface area (Å²) in [5.74, 6) is -0.125. The van der Waals surface area contributed by atoms with E-state index in [-0.39, 0.29) is 11.2 Å². The molecule has 0 heterocycles. The fourth-order valence-electron chi connectivity index (χ4n) is 2.39. The zero-order chi connectivity index (χ0) is 15.5. The van der Waals surface area contributed by atoms with Gasteiger partial charge in [0.25, 0.3) is 0 Å². The van der Waals surface area contributed by atoms with Gasteiger partial charge >= 0.3 is 0 Å². The lowest BCUT2D eigenvalue weighted by Gasteiger charge is -2.18. The molecule has 0 aliphatic heterocycles. The smallest absolute Gasteiger partial charge is 0.128 e. The zero-order valence-corrected chi connectivity index (χ0v) is 13.4. The standard InChI is InChI=1S/C19H24FN/c1-19(2,3)12-7-13-21(4)14-17-16-9-6-5-8-15(16)10-11-18(17)20/h5-12H,13-14H2,1-4H3/b12-7+. The maximum absolute atomic E-state index is 14.1. The van der Waals surface area contributed by atoms with Crippen molar-refractivity contribution in [3.63, 3.8) is 0 Å². The molecule has 0 radical (unpaired) electrons. The van der Waals surface area contributed by atoms with Crippen molar-refractivity contribution in [3.8, 4) is 0 Å². The largest absolute Gasteiger partial charge is 0.298 e. The quantitative estimate of drug-likeness (QED) is 0.713. The van der Waals surface area contributed by atoms with Gasteiger partial charge in [0.1, 0.15) is 5.82 Å². The minimum absolute atomic E-state index is 0.125. The number of halogens is 1. The Kier molecular flexibility index (Phi) is 4.79. The van der Waals surface area contributed by atoms with Crippen LogP contribution < -0.4 is 0 Å². The minimum atomic E-state index is -0.125. The van der Waals surface area contributed by atoms with Gasteiger partial charge < -0.3 is 0 Å². The molecule has 2 heteroatoms. The summed E-state index contributed by atoms with van der Waals surface area (Å²) in [5, 5.41) is 2.09. The molecule has 0 aromatic heterocycles. The van der Waals surface area contributed by atoms with Crippen LogP contribution in [0.1, 0.15) is 26.3 Å². The molecule has 0 N–H and O–H groups in total. The van der Waals surface area contributed by atoms with Crippen molar-refractivity contribution in [3.05, 3.63) is 59.9 Å². The summed E-state index contributed by atoms with van der Waals surface area (Å²) in [6.07, 6.45) is 4.35. The van der Waals surface area contributed by atoms with E-state index in [0.717, 1.165) is 22.9 Å². The topological polar surface area (TPSA) is 3.24 Å². The van der Waals surface area contributed by atoms with Crippen molar-refractivity contribution in [2.45, 2.75) is 27.3 Å². The summed E-state index contributed by atoms with van der Waals surface area (Å²) in [6.45, 7) is 7.96. The Labute approximate surface area is 127 Å². The van der Waals surface area contributed by atoms with Crippen LogP contribution in [0.2, 0.25) is 0 Å². The van der Waals surface area contributed by atoms with Crippen LogP contribution in [-0.2, 0) is 6.54 Å². The molecule has 2 aromatic rings. The van der Waals surface area contributed by atoms with Gasteiger partial charge in [0.2, 0.25) is 0 Å². The number of nitrogens with zero attached hydrogens (tertiary/aromatic N) is 1. The van der Waals surface area contributed by atoms with Gasteiger partial charge in [0.05, 0.1) is 0 Å². The second kappa shape index (κ2) is 6.40. The lowest BCUT2D eigenvalue weighted by atomic mass is 9.96. The van der Waals surface area contributed by atoms with Crippen LogP contribution in [0, 0.1) is 11.2 Å². The van der Waals surface area contributed by atoms with Crippen LogP contribution in [0.15, 0.2) is 48.6 Å². The Hall–Kier alpha value is -1.67. The van der Waals surface area contributed by atoms with Crippen molar-refractivity contribution in [2.24, 2.45) is 5.41 Å². The van der Waals surface area contributed by atoms with E-state index >= 15 is 0 Å². The van der Waals surface area contributed by atoms with Crippen LogP contribution >= 0.6 is 0 Å². The molecule has 0 unspecified atom stereocenters. The third-order valence-electron chi connectivity index (χ3n) is 3.45. The highest BCUT2D eigenvalue weighted by molar-refractivity contribution is 5.85. The third-order valence-corrected chi connectivity index (χ3v) is 3.45. The average molecular weight is 285 g/mol. The Bertz CT molecular complexity index is 638. The van der Waals surface area contributed by atoms with Crippen LogP contribution in [0.25, 0.3) is 10.8 Å². The van der Waals surface area contributed by atoms with Crippen LogP contribution in [-0.4, -0.2) is 18.5 Å². The number of rotatable bonds is 4. The van der Waals surface area contributed by atoms with Gasteiger partial charge in [-0.1, -0.05) is 63.3 Å². The monoisotopic (exact) mass is 285 g/mol. The maximum atomic E-state index is 14.1. The molecule has 0 amide bonds. The molecular weight excluding hydrogens is 261 g/mol. The van der Waals surface area contributed by atoms with E-state index in [1.807, 2.05) is 37.4 Å². The van der Waals surface area contributed by atoms with Gasteiger partial charge in [-0.3, -0.25) is 4.90 Å². The second-order valence-electron chi connectivity index (χ2n) is 6.71. The van der Waals surface area contributed by atoms with Crippen molar-refractivity contribution in [1.82, 2.24) is 4.90 Å². The summed E-state index contributed by atoms with van der Waals surface area (Å²) < 4.78 is 14.1. The molecule has 0 bridgehead atoms. The summed E-state index contributed by atoms with van der Waals surface area (Å²) in [4.78, 5) is 2.13. The fourth-order valence-corrected chi connectivity index (χ4v) is 2.39. The normalized spacial score (nSPS) is 12.7. The number of allylic oxidation sites excluding steroid dienone is 1. The molecule has 0 spiro atoms. The Morgan fingerprint density at radius 2 is 1.81 bits per heavy atom. The van der Waals surface area contributed by atoms with Crippen LogP contribution in [0.3, 0.4) is 0 Å². The van der Waals surface area contributed by atoms with E-state index in [4.69, 9.17) is 0 Å². The molecular formula is C19H24FN. The number of benzene rings is 2. The molecule has 0 saturated carbocycles. The van der Waals surface area contributed by atoms with Gasteiger partial charge in [-0.25, -0.2) is 4.39 Å². The molecule has 0 aliphatic carbocycles. The summed E-state index contributed by atoms with van der Waals surface area (Å²) in [7, 11) is 2.02. The number of fused-ring (bicyclic) bond motifs is 1. The van der Waals surface area contributed by atoms with Gasteiger partial charge in [-0.05, 0) is 29.3 Å². The zero-order valence-electron chi connectivity index (χ0n) is 13.4. The highest BCUT2D eigenvalue weighted by atomic mass is 19.1. The molecule has 0 aliphatic rings. The first-order valence-corrected chi connectivity index (χ1v) is 7.39. The fraction of sp³-hybridized carbons (Fsp3) is 0.368. The Morgan fingerprint density at radius 3 is 2.52 bits per heavy atom. The van der Waals surface area contributed by atoms with E-state index in [2.05, 4.69) is 37.8 Å². The van der Waals surface area contributed by atoms with Gasteiger partial charge in [-0.15, -0.1) is 0 Å². The first-order valence-electron chi connectivity index (χ1n) is 7.39. The molecule has 0 saturated heterocycles. The minimum Gasteiger partial charge on any atom is -0.298 e. The number of hydrogen-bond donors (Lipinski definition) is 0. The highest BCUT2D eigenvalue weighted by Crippen LogP contribution is 2.23. The van der Waals surface area contributed by atoms with Crippen molar-refractivity contribution in [1.29, 1.82) is 0 Å². The highest BCUT2D eigenvalue weighted by Gasteiger charge is 2.10. The Balaban J connectivity index is 2.16. The predicted octanol–water partition coefficient (Wildman–Crippen LogP) is 5.01. The Morgan fingerprint density at radius 1 is 1.10 bits per heavy atom. The second-order valence-corrected chi connectivity index (χ2v) is 6.71. The third kappa shape index (κ3) is 4.40.